The van der Waals surface area contributed by atoms with Gasteiger partial charge in [-0.15, -0.1) is 0 Å². The van der Waals surface area contributed by atoms with Crippen LogP contribution in [0.2, 0.25) is 0 Å². The first-order valence-corrected chi connectivity index (χ1v) is 6.22. The summed E-state index contributed by atoms with van der Waals surface area (Å²) in [5.41, 5.74) is 0. The standard InChI is InChI=1S/C13H21NO2/c1-14-12(13-8-4-10-16-13)7-2-5-11-6-3-9-15-11/h4,8,10-12,14H,2-3,5-7,9H2,1H3. The van der Waals surface area contributed by atoms with Gasteiger partial charge in [0.1, 0.15) is 5.76 Å². The molecule has 1 N–H and O–H groups in total. The molecule has 0 amide bonds. The topological polar surface area (TPSA) is 34.4 Å². The van der Waals surface area contributed by atoms with Gasteiger partial charge in [-0.3, -0.25) is 0 Å². The van der Waals surface area contributed by atoms with E-state index in [1.54, 1.807) is 6.26 Å². The molecule has 3 nitrogen and oxygen atoms in total. The summed E-state index contributed by atoms with van der Waals surface area (Å²) in [4.78, 5) is 0. The first-order chi connectivity index (χ1) is 7.90. The lowest BCUT2D eigenvalue weighted by atomic mass is 10.0. The Kier molecular flexibility index (Phi) is 4.43. The van der Waals surface area contributed by atoms with E-state index in [-0.39, 0.29) is 0 Å². The van der Waals surface area contributed by atoms with Crippen LogP contribution in [0, 0.1) is 0 Å². The molecule has 3 heteroatoms. The Morgan fingerprint density at radius 1 is 1.56 bits per heavy atom. The normalized spacial score (nSPS) is 22.4. The highest BCUT2D eigenvalue weighted by Gasteiger charge is 2.17. The molecule has 1 aromatic rings. The minimum absolute atomic E-state index is 0.344. The Morgan fingerprint density at radius 2 is 2.50 bits per heavy atom. The lowest BCUT2D eigenvalue weighted by molar-refractivity contribution is 0.101. The largest absolute Gasteiger partial charge is 0.468 e. The second-order valence-electron chi connectivity index (χ2n) is 4.42. The molecule has 1 fully saturated rings. The van der Waals surface area contributed by atoms with Crippen molar-refractivity contribution in [3.8, 4) is 0 Å². The highest BCUT2D eigenvalue weighted by Crippen LogP contribution is 2.23. The number of furan rings is 1. The first-order valence-electron chi connectivity index (χ1n) is 6.22. The fourth-order valence-electron chi connectivity index (χ4n) is 2.34. The summed E-state index contributed by atoms with van der Waals surface area (Å²) >= 11 is 0. The van der Waals surface area contributed by atoms with Crippen LogP contribution in [0.15, 0.2) is 22.8 Å². The van der Waals surface area contributed by atoms with Gasteiger partial charge < -0.3 is 14.5 Å². The van der Waals surface area contributed by atoms with E-state index in [4.69, 9.17) is 9.15 Å². The van der Waals surface area contributed by atoms with Crippen LogP contribution in [-0.2, 0) is 4.74 Å². The molecular formula is C13H21NO2. The zero-order valence-electron chi connectivity index (χ0n) is 9.95. The highest BCUT2D eigenvalue weighted by molar-refractivity contribution is 5.03. The summed E-state index contributed by atoms with van der Waals surface area (Å²) in [6, 6.07) is 4.32. The van der Waals surface area contributed by atoms with Crippen molar-refractivity contribution in [3.05, 3.63) is 24.2 Å². The molecule has 16 heavy (non-hydrogen) atoms. The predicted molar refractivity (Wildman–Crippen MR) is 63.3 cm³/mol. The van der Waals surface area contributed by atoms with Crippen LogP contribution in [0.4, 0.5) is 0 Å². The van der Waals surface area contributed by atoms with E-state index in [2.05, 4.69) is 5.32 Å². The van der Waals surface area contributed by atoms with Gasteiger partial charge in [0.05, 0.1) is 18.4 Å². The van der Waals surface area contributed by atoms with Crippen molar-refractivity contribution in [2.45, 2.75) is 44.2 Å². The minimum atomic E-state index is 0.344. The lowest BCUT2D eigenvalue weighted by Crippen LogP contribution is -2.16. The van der Waals surface area contributed by atoms with E-state index < -0.39 is 0 Å². The molecule has 1 aliphatic rings. The van der Waals surface area contributed by atoms with Crippen LogP contribution in [0.1, 0.15) is 43.9 Å². The number of ether oxygens (including phenoxy) is 1. The second kappa shape index (κ2) is 6.06. The average molecular weight is 223 g/mol. The number of nitrogens with one attached hydrogen (secondary N) is 1. The zero-order chi connectivity index (χ0) is 11.2. The fraction of sp³-hybridized carbons (Fsp3) is 0.692. The monoisotopic (exact) mass is 223 g/mol. The Labute approximate surface area is 97.2 Å². The summed E-state index contributed by atoms with van der Waals surface area (Å²) in [5.74, 6) is 1.04. The van der Waals surface area contributed by atoms with Crippen LogP contribution >= 0.6 is 0 Å². The van der Waals surface area contributed by atoms with Crippen molar-refractivity contribution in [3.63, 3.8) is 0 Å². The Balaban J connectivity index is 1.71. The van der Waals surface area contributed by atoms with Crippen molar-refractivity contribution in [2.75, 3.05) is 13.7 Å². The molecular weight excluding hydrogens is 202 g/mol. The van der Waals surface area contributed by atoms with E-state index in [0.717, 1.165) is 18.8 Å². The molecule has 0 aliphatic carbocycles. The minimum Gasteiger partial charge on any atom is -0.468 e. The molecule has 1 aromatic heterocycles. The van der Waals surface area contributed by atoms with Gasteiger partial charge in [0.15, 0.2) is 0 Å². The van der Waals surface area contributed by atoms with Gasteiger partial charge in [0, 0.05) is 6.61 Å². The molecule has 2 atom stereocenters. The van der Waals surface area contributed by atoms with E-state index in [1.807, 2.05) is 19.2 Å². The van der Waals surface area contributed by atoms with Crippen molar-refractivity contribution >= 4 is 0 Å². The molecule has 2 heterocycles. The second-order valence-corrected chi connectivity index (χ2v) is 4.42. The molecule has 1 aliphatic heterocycles. The third-order valence-electron chi connectivity index (χ3n) is 3.28. The number of hydrogen-bond acceptors (Lipinski definition) is 3. The zero-order valence-corrected chi connectivity index (χ0v) is 9.95. The van der Waals surface area contributed by atoms with Crippen molar-refractivity contribution in [1.29, 1.82) is 0 Å². The molecule has 0 aromatic carbocycles. The van der Waals surface area contributed by atoms with Crippen molar-refractivity contribution < 1.29 is 9.15 Å². The molecule has 2 unspecified atom stereocenters. The lowest BCUT2D eigenvalue weighted by Gasteiger charge is -2.15. The van der Waals surface area contributed by atoms with Gasteiger partial charge in [0.2, 0.25) is 0 Å². The van der Waals surface area contributed by atoms with Gasteiger partial charge in [-0.25, -0.2) is 0 Å². The van der Waals surface area contributed by atoms with Crippen LogP contribution in [0.25, 0.3) is 0 Å². The molecule has 90 valence electrons. The summed E-state index contributed by atoms with van der Waals surface area (Å²) in [6.45, 7) is 0.957. The molecule has 2 rings (SSSR count). The third-order valence-corrected chi connectivity index (χ3v) is 3.28. The quantitative estimate of drug-likeness (QED) is 0.805. The molecule has 0 bridgehead atoms. The van der Waals surface area contributed by atoms with Crippen molar-refractivity contribution in [1.82, 2.24) is 5.32 Å². The first kappa shape index (κ1) is 11.7. The van der Waals surface area contributed by atoms with E-state index in [9.17, 15) is 0 Å². The van der Waals surface area contributed by atoms with Crippen LogP contribution in [-0.4, -0.2) is 19.8 Å². The predicted octanol–water partition coefficient (Wildman–Crippen LogP) is 2.89. The Bertz CT molecular complexity index is 278. The van der Waals surface area contributed by atoms with Gasteiger partial charge in [0.25, 0.3) is 0 Å². The summed E-state index contributed by atoms with van der Waals surface area (Å²) in [6.07, 6.45) is 8.21. The summed E-state index contributed by atoms with van der Waals surface area (Å²) < 4.78 is 11.0. The molecule has 0 radical (unpaired) electrons. The maximum Gasteiger partial charge on any atom is 0.120 e. The van der Waals surface area contributed by atoms with E-state index in [1.165, 1.54) is 25.7 Å². The smallest absolute Gasteiger partial charge is 0.120 e. The van der Waals surface area contributed by atoms with Crippen LogP contribution in [0.5, 0.6) is 0 Å². The molecule has 1 saturated heterocycles. The van der Waals surface area contributed by atoms with Gasteiger partial charge in [-0.2, -0.15) is 0 Å². The molecule has 0 spiro atoms. The number of hydrogen-bond donors (Lipinski definition) is 1. The highest BCUT2D eigenvalue weighted by atomic mass is 16.5. The average Bonchev–Trinajstić information content (AvgIpc) is 2.96. The molecule has 0 saturated carbocycles. The maximum atomic E-state index is 5.62. The van der Waals surface area contributed by atoms with E-state index in [0.29, 0.717) is 12.1 Å². The Hall–Kier alpha value is -0.800. The Morgan fingerprint density at radius 3 is 3.12 bits per heavy atom. The van der Waals surface area contributed by atoms with Crippen LogP contribution < -0.4 is 5.32 Å². The van der Waals surface area contributed by atoms with Crippen LogP contribution in [0.3, 0.4) is 0 Å². The maximum absolute atomic E-state index is 5.62. The van der Waals surface area contributed by atoms with E-state index >= 15 is 0 Å². The van der Waals surface area contributed by atoms with Gasteiger partial charge in [-0.1, -0.05) is 0 Å². The SMILES string of the molecule is CNC(CCCC1CCCO1)c1ccco1. The fourth-order valence-corrected chi connectivity index (χ4v) is 2.34. The summed E-state index contributed by atoms with van der Waals surface area (Å²) in [7, 11) is 1.99. The van der Waals surface area contributed by atoms with Crippen molar-refractivity contribution in [2.24, 2.45) is 0 Å². The van der Waals surface area contributed by atoms with Gasteiger partial charge >= 0.3 is 0 Å². The van der Waals surface area contributed by atoms with Gasteiger partial charge in [-0.05, 0) is 51.3 Å². The number of rotatable bonds is 6. The summed E-state index contributed by atoms with van der Waals surface area (Å²) in [5, 5.41) is 3.30. The third kappa shape index (κ3) is 3.09.